The summed E-state index contributed by atoms with van der Waals surface area (Å²) in [6.45, 7) is 4.01. The van der Waals surface area contributed by atoms with E-state index >= 15 is 0 Å². The van der Waals surface area contributed by atoms with Gasteiger partial charge in [-0.25, -0.2) is 0 Å². The zero-order valence-electron chi connectivity index (χ0n) is 22.4. The van der Waals surface area contributed by atoms with E-state index in [1.165, 1.54) is 11.1 Å². The summed E-state index contributed by atoms with van der Waals surface area (Å²) in [4.78, 5) is 15.2. The number of amides is 1. The van der Waals surface area contributed by atoms with Crippen molar-refractivity contribution < 1.29 is 14.3 Å². The molecule has 7 heteroatoms. The lowest BCUT2D eigenvalue weighted by Crippen LogP contribution is -2.30. The van der Waals surface area contributed by atoms with Crippen LogP contribution < -0.4 is 5.32 Å². The molecule has 200 valence electrons. The molecule has 1 amide bonds. The third-order valence-corrected chi connectivity index (χ3v) is 8.08. The Morgan fingerprint density at radius 1 is 1.00 bits per heavy atom. The van der Waals surface area contributed by atoms with Gasteiger partial charge in [0.25, 0.3) is 0 Å². The van der Waals surface area contributed by atoms with E-state index in [0.29, 0.717) is 13.2 Å². The van der Waals surface area contributed by atoms with Crippen molar-refractivity contribution in [2.45, 2.75) is 24.3 Å². The average molecular weight is 523 g/mol. The number of fused-ring (bicyclic) bond motifs is 3. The molecule has 1 fully saturated rings. The van der Waals surface area contributed by atoms with Gasteiger partial charge in [0, 0.05) is 50.8 Å². The minimum absolute atomic E-state index is 0.116. The summed E-state index contributed by atoms with van der Waals surface area (Å²) in [6.07, 6.45) is 4.99. The van der Waals surface area contributed by atoms with Crippen LogP contribution in [0.4, 0.5) is 5.69 Å². The normalized spacial score (nSPS) is 19.9. The van der Waals surface area contributed by atoms with Gasteiger partial charge in [-0.05, 0) is 46.9 Å². The number of benzene rings is 3. The fourth-order valence-electron chi connectivity index (χ4n) is 5.83. The van der Waals surface area contributed by atoms with Gasteiger partial charge in [-0.3, -0.25) is 14.8 Å². The predicted molar refractivity (Wildman–Crippen MR) is 155 cm³/mol. The predicted octanol–water partition coefficient (Wildman–Crippen LogP) is 5.21. The average Bonchev–Trinajstić information content (AvgIpc) is 3.50. The molecule has 6 rings (SSSR count). The van der Waals surface area contributed by atoms with Crippen molar-refractivity contribution in [1.29, 1.82) is 0 Å². The maximum atomic E-state index is 12.9. The first-order valence-electron chi connectivity index (χ1n) is 13.5. The number of aromatic nitrogens is 2. The fourth-order valence-corrected chi connectivity index (χ4v) is 5.83. The number of carbonyl (C=O) groups excluding carboxylic acids is 1. The number of para-hydroxylation sites is 1. The molecule has 1 saturated carbocycles. The Morgan fingerprint density at radius 3 is 2.54 bits per heavy atom. The van der Waals surface area contributed by atoms with Gasteiger partial charge in [0.05, 0.1) is 29.8 Å². The van der Waals surface area contributed by atoms with Crippen molar-refractivity contribution in [2.75, 3.05) is 45.8 Å². The number of hydrogen-bond donors (Lipinski definition) is 2. The van der Waals surface area contributed by atoms with Crippen molar-refractivity contribution in [3.63, 3.8) is 0 Å². The maximum Gasteiger partial charge on any atom is 0.235 e. The molecule has 4 aromatic rings. The standard InChI is InChI=1S/C32H34N4O3/c1-38-17-15-36(16-18-39-2)21-23-9-7-22(8-10-23)11-14-28-25-13-12-24(19-30(25)35-34-28)27-20-32(27)26-5-3-4-6-29(26)33-31(32)37/h3-14,19,27H,15-18,20-21H2,1-2H3,(H,33,37)(H,34,35)/b14-11+. The zero-order valence-corrected chi connectivity index (χ0v) is 22.4. The molecule has 2 aliphatic rings. The Hall–Kier alpha value is -3.78. The molecule has 1 aliphatic carbocycles. The number of carbonyl (C=O) groups is 1. The van der Waals surface area contributed by atoms with E-state index in [-0.39, 0.29) is 11.8 Å². The first-order valence-corrected chi connectivity index (χ1v) is 13.5. The summed E-state index contributed by atoms with van der Waals surface area (Å²) in [7, 11) is 3.46. The maximum absolute atomic E-state index is 12.9. The topological polar surface area (TPSA) is 79.5 Å². The summed E-state index contributed by atoms with van der Waals surface area (Å²) in [5.41, 5.74) is 7.09. The smallest absolute Gasteiger partial charge is 0.235 e. The van der Waals surface area contributed by atoms with Crippen molar-refractivity contribution in [3.05, 3.63) is 94.7 Å². The molecule has 39 heavy (non-hydrogen) atoms. The second kappa shape index (κ2) is 10.8. The SMILES string of the molecule is COCCN(CCOC)Cc1ccc(/C=C/c2n[nH]c3cc(C4CC45C(=O)Nc4ccccc45)ccc23)cc1. The molecule has 2 unspecified atom stereocenters. The first kappa shape index (κ1) is 25.5. The van der Waals surface area contributed by atoms with Crippen LogP contribution in [0.15, 0.2) is 66.7 Å². The molecule has 2 heterocycles. The lowest BCUT2D eigenvalue weighted by Gasteiger charge is -2.21. The Bertz CT molecular complexity index is 1500. The number of aromatic amines is 1. The van der Waals surface area contributed by atoms with Crippen LogP contribution >= 0.6 is 0 Å². The number of H-pyrrole nitrogens is 1. The van der Waals surface area contributed by atoms with Crippen LogP contribution in [0.5, 0.6) is 0 Å². The Morgan fingerprint density at radius 2 is 1.77 bits per heavy atom. The first-order chi connectivity index (χ1) is 19.1. The summed E-state index contributed by atoms with van der Waals surface area (Å²) < 4.78 is 10.5. The van der Waals surface area contributed by atoms with Crippen LogP contribution in [0.2, 0.25) is 0 Å². The van der Waals surface area contributed by atoms with Gasteiger partial charge < -0.3 is 14.8 Å². The molecule has 2 atom stereocenters. The van der Waals surface area contributed by atoms with Gasteiger partial charge in [-0.2, -0.15) is 5.10 Å². The van der Waals surface area contributed by atoms with Crippen LogP contribution in [-0.4, -0.2) is 61.5 Å². The Balaban J connectivity index is 1.14. The molecule has 1 spiro atoms. The Labute approximate surface area is 228 Å². The number of anilines is 1. The minimum Gasteiger partial charge on any atom is -0.383 e. The molecule has 3 aromatic carbocycles. The second-order valence-electron chi connectivity index (χ2n) is 10.5. The van der Waals surface area contributed by atoms with Gasteiger partial charge in [0.2, 0.25) is 5.91 Å². The molecule has 1 aliphatic heterocycles. The van der Waals surface area contributed by atoms with E-state index in [2.05, 4.69) is 81.1 Å². The monoisotopic (exact) mass is 522 g/mol. The van der Waals surface area contributed by atoms with E-state index in [9.17, 15) is 4.79 Å². The van der Waals surface area contributed by atoms with Crippen LogP contribution in [0.3, 0.4) is 0 Å². The summed E-state index contributed by atoms with van der Waals surface area (Å²) >= 11 is 0. The molecule has 0 saturated heterocycles. The minimum atomic E-state index is -0.427. The van der Waals surface area contributed by atoms with Crippen molar-refractivity contribution >= 4 is 34.6 Å². The molecule has 7 nitrogen and oxygen atoms in total. The summed E-state index contributed by atoms with van der Waals surface area (Å²) in [5, 5.41) is 11.9. The quantitative estimate of drug-likeness (QED) is 0.283. The number of nitrogens with zero attached hydrogens (tertiary/aromatic N) is 2. The van der Waals surface area contributed by atoms with Gasteiger partial charge in [0.1, 0.15) is 0 Å². The van der Waals surface area contributed by atoms with Gasteiger partial charge >= 0.3 is 0 Å². The van der Waals surface area contributed by atoms with Gasteiger partial charge in [0.15, 0.2) is 0 Å². The van der Waals surface area contributed by atoms with Crippen LogP contribution in [0, 0.1) is 0 Å². The van der Waals surface area contributed by atoms with Gasteiger partial charge in [-0.15, -0.1) is 0 Å². The van der Waals surface area contributed by atoms with Gasteiger partial charge in [-0.1, -0.05) is 60.7 Å². The summed E-state index contributed by atoms with van der Waals surface area (Å²) in [5.74, 6) is 0.303. The molecular formula is C32H34N4O3. The van der Waals surface area contributed by atoms with Crippen LogP contribution in [0.25, 0.3) is 23.1 Å². The van der Waals surface area contributed by atoms with E-state index in [1.807, 2.05) is 18.2 Å². The third kappa shape index (κ3) is 4.89. The zero-order chi connectivity index (χ0) is 26.8. The van der Waals surface area contributed by atoms with E-state index in [1.54, 1.807) is 14.2 Å². The highest BCUT2D eigenvalue weighted by atomic mass is 16.5. The van der Waals surface area contributed by atoms with Crippen molar-refractivity contribution in [1.82, 2.24) is 15.1 Å². The third-order valence-electron chi connectivity index (χ3n) is 8.08. The molecule has 0 bridgehead atoms. The van der Waals surface area contributed by atoms with E-state index < -0.39 is 5.41 Å². The van der Waals surface area contributed by atoms with Crippen LogP contribution in [0.1, 0.15) is 40.3 Å². The fraction of sp³-hybridized carbons (Fsp3) is 0.312. The number of methoxy groups -OCH3 is 2. The van der Waals surface area contributed by atoms with Crippen molar-refractivity contribution in [3.8, 4) is 0 Å². The highest BCUT2D eigenvalue weighted by molar-refractivity contribution is 6.09. The highest BCUT2D eigenvalue weighted by Gasteiger charge is 2.65. The molecule has 1 aromatic heterocycles. The van der Waals surface area contributed by atoms with Crippen molar-refractivity contribution in [2.24, 2.45) is 0 Å². The number of rotatable bonds is 11. The molecule has 0 radical (unpaired) electrons. The van der Waals surface area contributed by atoms with Crippen LogP contribution in [-0.2, 0) is 26.2 Å². The molecule has 2 N–H and O–H groups in total. The van der Waals surface area contributed by atoms with E-state index in [0.717, 1.165) is 59.5 Å². The number of hydrogen-bond acceptors (Lipinski definition) is 5. The number of nitrogens with one attached hydrogen (secondary N) is 2. The molecular weight excluding hydrogens is 488 g/mol. The number of ether oxygens (including phenoxy) is 2. The lowest BCUT2D eigenvalue weighted by molar-refractivity contribution is -0.118. The highest BCUT2D eigenvalue weighted by Crippen LogP contribution is 2.64. The Kier molecular flexibility index (Phi) is 7.04. The van der Waals surface area contributed by atoms with E-state index in [4.69, 9.17) is 9.47 Å². The summed E-state index contributed by atoms with van der Waals surface area (Å²) in [6, 6.07) is 23.1. The largest absolute Gasteiger partial charge is 0.383 e. The second-order valence-corrected chi connectivity index (χ2v) is 10.5. The lowest BCUT2D eigenvalue weighted by atomic mass is 9.92.